The maximum Gasteiger partial charge on any atom is 0.122 e. The van der Waals surface area contributed by atoms with E-state index in [1.165, 1.54) is 5.56 Å². The molecule has 0 aromatic heterocycles. The van der Waals surface area contributed by atoms with Gasteiger partial charge in [0.1, 0.15) is 5.75 Å². The Morgan fingerprint density at radius 3 is 2.81 bits per heavy atom. The molecule has 0 saturated carbocycles. The monoisotopic (exact) mass is 283 g/mol. The Hall–Kier alpha value is -1.84. The van der Waals surface area contributed by atoms with Crippen LogP contribution in [0.1, 0.15) is 34.3 Å². The molecule has 0 spiro atoms. The van der Waals surface area contributed by atoms with Crippen molar-refractivity contribution in [2.24, 2.45) is 5.73 Å². The molecule has 3 heteroatoms. The molecular weight excluding hydrogens is 262 g/mol. The van der Waals surface area contributed by atoms with Gasteiger partial charge in [-0.1, -0.05) is 30.3 Å². The first-order valence-corrected chi connectivity index (χ1v) is 7.40. The van der Waals surface area contributed by atoms with E-state index in [1.54, 1.807) is 0 Å². The zero-order valence-corrected chi connectivity index (χ0v) is 12.3. The summed E-state index contributed by atoms with van der Waals surface area (Å²) in [5.41, 5.74) is 10.3. The molecule has 110 valence electrons. The number of hydrogen-bond acceptors (Lipinski definition) is 3. The van der Waals surface area contributed by atoms with Crippen LogP contribution in [0.15, 0.2) is 42.5 Å². The molecule has 2 atom stereocenters. The molecule has 1 aliphatic heterocycles. The van der Waals surface area contributed by atoms with E-state index in [0.29, 0.717) is 6.54 Å². The first-order chi connectivity index (χ1) is 10.2. The predicted octanol–water partition coefficient (Wildman–Crippen LogP) is 2.71. The lowest BCUT2D eigenvalue weighted by atomic mass is 9.86. The standard InChI is InChI=1S/C18H21NO2/c1-12-4-2-3-5-15(12)16(11-19)18(20)14-6-7-17-13(10-14)8-9-21-17/h2-7,10,16,18,20H,8-9,11,19H2,1H3. The minimum absolute atomic E-state index is 0.0911. The van der Waals surface area contributed by atoms with Gasteiger partial charge in [-0.15, -0.1) is 0 Å². The van der Waals surface area contributed by atoms with Gasteiger partial charge in [0.05, 0.1) is 12.7 Å². The average molecular weight is 283 g/mol. The molecule has 2 aromatic rings. The van der Waals surface area contributed by atoms with Crippen LogP contribution < -0.4 is 10.5 Å². The summed E-state index contributed by atoms with van der Waals surface area (Å²) in [5, 5.41) is 10.8. The Morgan fingerprint density at radius 2 is 2.05 bits per heavy atom. The number of aliphatic hydroxyl groups is 1. The number of nitrogens with two attached hydrogens (primary N) is 1. The lowest BCUT2D eigenvalue weighted by Gasteiger charge is -2.24. The van der Waals surface area contributed by atoms with E-state index in [4.69, 9.17) is 10.5 Å². The van der Waals surface area contributed by atoms with Crippen LogP contribution in [-0.4, -0.2) is 18.3 Å². The highest BCUT2D eigenvalue weighted by Gasteiger charge is 2.24. The second-order valence-corrected chi connectivity index (χ2v) is 5.61. The maximum atomic E-state index is 10.8. The fourth-order valence-corrected chi connectivity index (χ4v) is 3.05. The summed E-state index contributed by atoms with van der Waals surface area (Å²) in [6.07, 6.45) is 0.315. The van der Waals surface area contributed by atoms with Crippen LogP contribution in [0.5, 0.6) is 5.75 Å². The fraction of sp³-hybridized carbons (Fsp3) is 0.333. The molecule has 0 bridgehead atoms. The van der Waals surface area contributed by atoms with Crippen molar-refractivity contribution < 1.29 is 9.84 Å². The SMILES string of the molecule is Cc1ccccc1C(CN)C(O)c1ccc2c(c1)CCO2. The summed E-state index contributed by atoms with van der Waals surface area (Å²) in [5.74, 6) is 0.845. The van der Waals surface area contributed by atoms with Crippen LogP contribution in [-0.2, 0) is 6.42 Å². The number of aryl methyl sites for hydroxylation is 1. The summed E-state index contributed by atoms with van der Waals surface area (Å²) in [6, 6.07) is 14.0. The van der Waals surface area contributed by atoms with Crippen LogP contribution in [0.3, 0.4) is 0 Å². The van der Waals surface area contributed by atoms with Crippen LogP contribution in [0, 0.1) is 6.92 Å². The second-order valence-electron chi connectivity index (χ2n) is 5.61. The zero-order chi connectivity index (χ0) is 14.8. The summed E-state index contributed by atoms with van der Waals surface area (Å²) in [7, 11) is 0. The Bertz CT molecular complexity index is 639. The van der Waals surface area contributed by atoms with E-state index in [1.807, 2.05) is 36.4 Å². The molecule has 3 rings (SSSR count). The molecule has 0 fully saturated rings. The molecule has 1 aliphatic rings. The Morgan fingerprint density at radius 1 is 1.24 bits per heavy atom. The number of fused-ring (bicyclic) bond motifs is 1. The van der Waals surface area contributed by atoms with Gasteiger partial charge in [-0.3, -0.25) is 0 Å². The predicted molar refractivity (Wildman–Crippen MR) is 83.6 cm³/mol. The minimum Gasteiger partial charge on any atom is -0.493 e. The van der Waals surface area contributed by atoms with Gasteiger partial charge >= 0.3 is 0 Å². The first-order valence-electron chi connectivity index (χ1n) is 7.40. The molecule has 2 aromatic carbocycles. The quantitative estimate of drug-likeness (QED) is 0.907. The summed E-state index contributed by atoms with van der Waals surface area (Å²) >= 11 is 0. The molecule has 0 saturated heterocycles. The summed E-state index contributed by atoms with van der Waals surface area (Å²) in [6.45, 7) is 3.20. The second kappa shape index (κ2) is 5.88. The normalized spacial score (nSPS) is 16.1. The lowest BCUT2D eigenvalue weighted by molar-refractivity contribution is 0.147. The van der Waals surface area contributed by atoms with E-state index in [0.717, 1.165) is 35.5 Å². The Labute approximate surface area is 125 Å². The van der Waals surface area contributed by atoms with Crippen molar-refractivity contribution in [2.75, 3.05) is 13.2 Å². The Balaban J connectivity index is 1.92. The van der Waals surface area contributed by atoms with Crippen molar-refractivity contribution in [2.45, 2.75) is 25.4 Å². The van der Waals surface area contributed by atoms with Crippen molar-refractivity contribution >= 4 is 0 Å². The average Bonchev–Trinajstić information content (AvgIpc) is 2.97. The molecule has 1 heterocycles. The third-order valence-electron chi connectivity index (χ3n) is 4.28. The molecule has 0 amide bonds. The Kier molecular flexibility index (Phi) is 3.95. The van der Waals surface area contributed by atoms with Gasteiger partial charge in [-0.25, -0.2) is 0 Å². The molecule has 21 heavy (non-hydrogen) atoms. The fourth-order valence-electron chi connectivity index (χ4n) is 3.05. The topological polar surface area (TPSA) is 55.5 Å². The van der Waals surface area contributed by atoms with Gasteiger partial charge < -0.3 is 15.6 Å². The first kappa shape index (κ1) is 14.1. The molecule has 0 radical (unpaired) electrons. The number of rotatable bonds is 4. The highest BCUT2D eigenvalue weighted by molar-refractivity contribution is 5.42. The van der Waals surface area contributed by atoms with Gasteiger partial charge in [0.15, 0.2) is 0 Å². The minimum atomic E-state index is -0.595. The van der Waals surface area contributed by atoms with Gasteiger partial charge in [0, 0.05) is 18.9 Å². The molecule has 2 unspecified atom stereocenters. The molecule has 3 N–H and O–H groups in total. The zero-order valence-electron chi connectivity index (χ0n) is 12.3. The van der Waals surface area contributed by atoms with Crippen LogP contribution in [0.25, 0.3) is 0 Å². The maximum absolute atomic E-state index is 10.8. The van der Waals surface area contributed by atoms with Crippen LogP contribution in [0.4, 0.5) is 0 Å². The number of hydrogen-bond donors (Lipinski definition) is 2. The van der Waals surface area contributed by atoms with Gasteiger partial charge in [0.25, 0.3) is 0 Å². The molecule has 3 nitrogen and oxygen atoms in total. The highest BCUT2D eigenvalue weighted by atomic mass is 16.5. The third-order valence-corrected chi connectivity index (χ3v) is 4.28. The number of ether oxygens (including phenoxy) is 1. The van der Waals surface area contributed by atoms with E-state index >= 15 is 0 Å². The number of benzene rings is 2. The van der Waals surface area contributed by atoms with Crippen molar-refractivity contribution in [3.8, 4) is 5.75 Å². The van der Waals surface area contributed by atoms with E-state index < -0.39 is 6.10 Å². The van der Waals surface area contributed by atoms with Gasteiger partial charge in [-0.05, 0) is 41.3 Å². The van der Waals surface area contributed by atoms with Crippen molar-refractivity contribution in [1.29, 1.82) is 0 Å². The molecular formula is C18H21NO2. The van der Waals surface area contributed by atoms with E-state index in [9.17, 15) is 5.11 Å². The van der Waals surface area contributed by atoms with Crippen molar-refractivity contribution in [1.82, 2.24) is 0 Å². The van der Waals surface area contributed by atoms with Crippen molar-refractivity contribution in [3.63, 3.8) is 0 Å². The third kappa shape index (κ3) is 2.67. The summed E-state index contributed by atoms with van der Waals surface area (Å²) < 4.78 is 5.52. The smallest absolute Gasteiger partial charge is 0.122 e. The van der Waals surface area contributed by atoms with Crippen LogP contribution >= 0.6 is 0 Å². The van der Waals surface area contributed by atoms with Gasteiger partial charge in [0.2, 0.25) is 0 Å². The summed E-state index contributed by atoms with van der Waals surface area (Å²) in [4.78, 5) is 0. The largest absolute Gasteiger partial charge is 0.493 e. The van der Waals surface area contributed by atoms with Crippen LogP contribution in [0.2, 0.25) is 0 Å². The van der Waals surface area contributed by atoms with Crippen molar-refractivity contribution in [3.05, 3.63) is 64.7 Å². The highest BCUT2D eigenvalue weighted by Crippen LogP contribution is 2.35. The van der Waals surface area contributed by atoms with Gasteiger partial charge in [-0.2, -0.15) is 0 Å². The molecule has 0 aliphatic carbocycles. The number of aliphatic hydroxyl groups excluding tert-OH is 1. The van der Waals surface area contributed by atoms with E-state index in [2.05, 4.69) is 13.0 Å². The lowest BCUT2D eigenvalue weighted by Crippen LogP contribution is -2.21. The van der Waals surface area contributed by atoms with E-state index in [-0.39, 0.29) is 5.92 Å².